The molecule has 0 saturated carbocycles. The van der Waals surface area contributed by atoms with Crippen LogP contribution in [0.3, 0.4) is 0 Å². The van der Waals surface area contributed by atoms with Crippen LogP contribution in [-0.4, -0.2) is 39.2 Å². The van der Waals surface area contributed by atoms with Gasteiger partial charge in [0.1, 0.15) is 17.5 Å². The number of H-pyrrole nitrogens is 1. The molecule has 3 aromatic carbocycles. The van der Waals surface area contributed by atoms with Crippen molar-refractivity contribution >= 4 is 17.5 Å². The van der Waals surface area contributed by atoms with Crippen LogP contribution in [0.4, 0.5) is 0 Å². The predicted octanol–water partition coefficient (Wildman–Crippen LogP) is 5.63. The Labute approximate surface area is 267 Å². The lowest BCUT2D eigenvalue weighted by Crippen LogP contribution is -2.49. The van der Waals surface area contributed by atoms with Crippen molar-refractivity contribution in [1.82, 2.24) is 9.55 Å². The molecule has 1 aromatic heterocycles. The summed E-state index contributed by atoms with van der Waals surface area (Å²) in [5, 5.41) is -0.174. The zero-order valence-corrected chi connectivity index (χ0v) is 25.8. The Bertz CT molecular complexity index is 1680. The molecule has 4 atom stereocenters. The lowest BCUT2D eigenvalue weighted by molar-refractivity contribution is -0.160. The third-order valence-electron chi connectivity index (χ3n) is 7.55. The van der Waals surface area contributed by atoms with Gasteiger partial charge in [-0.15, -0.1) is 6.58 Å². The number of allylic oxidation sites excluding steroid dienone is 1. The van der Waals surface area contributed by atoms with Crippen molar-refractivity contribution in [2.45, 2.75) is 57.0 Å². The highest BCUT2D eigenvalue weighted by Gasteiger charge is 2.58. The number of benzene rings is 3. The SMILES string of the molecule is C=CCC[C@]1(COCc2ccccc2)O[C@@H](n2cc(C)c(=O)[nH]c2=O)C(OC(=S)Oc2ccccc2)[C@H]1OCc1ccccc1. The van der Waals surface area contributed by atoms with E-state index in [4.69, 9.17) is 35.9 Å². The molecular weight excluding hydrogens is 592 g/mol. The Balaban J connectivity index is 1.55. The molecule has 234 valence electrons. The zero-order chi connectivity index (χ0) is 31.6. The molecule has 2 heterocycles. The van der Waals surface area contributed by atoms with E-state index in [9.17, 15) is 9.59 Å². The summed E-state index contributed by atoms with van der Waals surface area (Å²) in [6, 6.07) is 28.5. The van der Waals surface area contributed by atoms with Gasteiger partial charge < -0.3 is 23.7 Å². The van der Waals surface area contributed by atoms with Crippen LogP contribution >= 0.6 is 12.2 Å². The molecule has 4 aromatic rings. The van der Waals surface area contributed by atoms with E-state index in [-0.39, 0.29) is 18.5 Å². The van der Waals surface area contributed by atoms with Gasteiger partial charge in [0.05, 0.1) is 19.8 Å². The second kappa shape index (κ2) is 15.1. The summed E-state index contributed by atoms with van der Waals surface area (Å²) >= 11 is 5.55. The highest BCUT2D eigenvalue weighted by atomic mass is 32.1. The molecule has 1 fully saturated rings. The van der Waals surface area contributed by atoms with Crippen LogP contribution in [0, 0.1) is 6.92 Å². The summed E-state index contributed by atoms with van der Waals surface area (Å²) in [7, 11) is 0. The molecule has 1 aliphatic rings. The van der Waals surface area contributed by atoms with E-state index in [0.717, 1.165) is 11.1 Å². The van der Waals surface area contributed by atoms with Crippen LogP contribution in [0.1, 0.15) is 35.8 Å². The van der Waals surface area contributed by atoms with E-state index in [0.29, 0.717) is 30.8 Å². The molecule has 1 unspecified atom stereocenters. The van der Waals surface area contributed by atoms with Gasteiger partial charge in [-0.25, -0.2) is 4.79 Å². The predicted molar refractivity (Wildman–Crippen MR) is 174 cm³/mol. The number of thiocarbonyl (C=S) groups is 1. The molecule has 5 rings (SSSR count). The number of para-hydroxylation sites is 1. The average Bonchev–Trinajstić information content (AvgIpc) is 3.34. The average molecular weight is 629 g/mol. The zero-order valence-electron chi connectivity index (χ0n) is 25.0. The minimum absolute atomic E-state index is 0.106. The van der Waals surface area contributed by atoms with Crippen molar-refractivity contribution in [3.05, 3.63) is 147 Å². The number of hydrogen-bond donors (Lipinski definition) is 1. The van der Waals surface area contributed by atoms with Crippen LogP contribution in [0.2, 0.25) is 0 Å². The highest BCUT2D eigenvalue weighted by molar-refractivity contribution is 7.79. The van der Waals surface area contributed by atoms with E-state index in [1.807, 2.05) is 78.9 Å². The van der Waals surface area contributed by atoms with Crippen molar-refractivity contribution in [3.63, 3.8) is 0 Å². The normalized spacial score (nSPS) is 20.9. The first-order chi connectivity index (χ1) is 21.9. The van der Waals surface area contributed by atoms with Crippen LogP contribution in [0.25, 0.3) is 0 Å². The van der Waals surface area contributed by atoms with Gasteiger partial charge in [-0.2, -0.15) is 0 Å². The summed E-state index contributed by atoms with van der Waals surface area (Å²) in [4.78, 5) is 27.9. The maximum atomic E-state index is 13.2. The molecule has 0 aliphatic carbocycles. The first kappa shape index (κ1) is 32.1. The van der Waals surface area contributed by atoms with Crippen molar-refractivity contribution in [1.29, 1.82) is 0 Å². The summed E-state index contributed by atoms with van der Waals surface area (Å²) in [6.07, 6.45) is 1.41. The van der Waals surface area contributed by atoms with Crippen LogP contribution in [-0.2, 0) is 32.2 Å². The number of hydrogen-bond acceptors (Lipinski definition) is 8. The Hall–Kier alpha value is -4.35. The summed E-state index contributed by atoms with van der Waals surface area (Å²) in [5.74, 6) is 0.487. The summed E-state index contributed by atoms with van der Waals surface area (Å²) < 4.78 is 33.2. The molecule has 1 aliphatic heterocycles. The maximum absolute atomic E-state index is 13.2. The van der Waals surface area contributed by atoms with Gasteiger partial charge in [-0.05, 0) is 43.0 Å². The summed E-state index contributed by atoms with van der Waals surface area (Å²) in [6.45, 7) is 6.19. The fourth-order valence-corrected chi connectivity index (χ4v) is 5.52. The number of aryl methyl sites for hydroxylation is 1. The Kier molecular flexibility index (Phi) is 10.7. The maximum Gasteiger partial charge on any atom is 0.358 e. The van der Waals surface area contributed by atoms with Gasteiger partial charge in [-0.3, -0.25) is 14.3 Å². The first-order valence-corrected chi connectivity index (χ1v) is 15.1. The summed E-state index contributed by atoms with van der Waals surface area (Å²) in [5.41, 5.74) is -0.0149. The number of aromatic nitrogens is 2. The molecule has 45 heavy (non-hydrogen) atoms. The smallest absolute Gasteiger partial charge is 0.358 e. The molecule has 0 bridgehead atoms. The molecule has 0 amide bonds. The Morgan fingerprint density at radius 2 is 1.60 bits per heavy atom. The third-order valence-corrected chi connectivity index (χ3v) is 7.73. The quantitative estimate of drug-likeness (QED) is 0.150. The van der Waals surface area contributed by atoms with Crippen LogP contribution in [0.15, 0.2) is 119 Å². The van der Waals surface area contributed by atoms with E-state index in [1.54, 1.807) is 25.1 Å². The lowest BCUT2D eigenvalue weighted by Gasteiger charge is -2.34. The number of nitrogens with one attached hydrogen (secondary N) is 1. The van der Waals surface area contributed by atoms with E-state index >= 15 is 0 Å². The van der Waals surface area contributed by atoms with Gasteiger partial charge in [0.25, 0.3) is 5.56 Å². The number of rotatable bonds is 13. The molecule has 10 heteroatoms. The highest BCUT2D eigenvalue weighted by Crippen LogP contribution is 2.44. The lowest BCUT2D eigenvalue weighted by atomic mass is 9.90. The number of ether oxygens (including phenoxy) is 5. The molecule has 1 saturated heterocycles. The Morgan fingerprint density at radius 1 is 0.978 bits per heavy atom. The third kappa shape index (κ3) is 8.03. The largest absolute Gasteiger partial charge is 0.446 e. The number of nitrogens with zero attached hydrogens (tertiary/aromatic N) is 1. The molecular formula is C35H36N2O7S. The first-order valence-electron chi connectivity index (χ1n) is 14.7. The second-order valence-corrected chi connectivity index (χ2v) is 11.2. The molecule has 1 N–H and O–H groups in total. The standard InChI is InChI=1S/C35H36N2O7S/c1-3-4-20-35(24-40-22-26-14-8-5-9-15-26)30(41-23-27-16-10-6-11-17-27)29(43-34(45)42-28-18-12-7-13-19-28)32(44-35)37-21-25(2)31(38)36-33(37)39/h3,5-19,21,29-30,32H,1,4,20,22-24H2,2H3,(H,36,38,39)/t29?,30-,32-,35-/m1/s1. The van der Waals surface area contributed by atoms with Crippen molar-refractivity contribution < 1.29 is 23.7 Å². The second-order valence-electron chi connectivity index (χ2n) is 10.8. The minimum atomic E-state index is -1.11. The van der Waals surface area contributed by atoms with Gasteiger partial charge in [0, 0.05) is 24.0 Å². The number of aromatic amines is 1. The molecule has 0 spiro atoms. The molecule has 0 radical (unpaired) electrons. The van der Waals surface area contributed by atoms with E-state index in [2.05, 4.69) is 11.6 Å². The van der Waals surface area contributed by atoms with E-state index in [1.165, 1.54) is 10.8 Å². The van der Waals surface area contributed by atoms with Crippen molar-refractivity contribution in [3.8, 4) is 5.75 Å². The van der Waals surface area contributed by atoms with E-state index < -0.39 is 35.3 Å². The molecule has 9 nitrogen and oxygen atoms in total. The van der Waals surface area contributed by atoms with Crippen molar-refractivity contribution in [2.24, 2.45) is 0 Å². The topological polar surface area (TPSA) is 101 Å². The fourth-order valence-electron chi connectivity index (χ4n) is 5.31. The van der Waals surface area contributed by atoms with Gasteiger partial charge in [0.15, 0.2) is 12.3 Å². The van der Waals surface area contributed by atoms with Crippen LogP contribution < -0.4 is 16.0 Å². The monoisotopic (exact) mass is 628 g/mol. The van der Waals surface area contributed by atoms with Gasteiger partial charge in [0.2, 0.25) is 0 Å². The fraction of sp³-hybridized carbons (Fsp3) is 0.286. The Morgan fingerprint density at radius 3 is 2.24 bits per heavy atom. The van der Waals surface area contributed by atoms with Gasteiger partial charge >= 0.3 is 10.9 Å². The van der Waals surface area contributed by atoms with Crippen LogP contribution in [0.5, 0.6) is 5.75 Å². The van der Waals surface area contributed by atoms with Crippen molar-refractivity contribution in [2.75, 3.05) is 6.61 Å². The minimum Gasteiger partial charge on any atom is -0.446 e. The van der Waals surface area contributed by atoms with Gasteiger partial charge in [-0.1, -0.05) is 84.9 Å².